The van der Waals surface area contributed by atoms with Gasteiger partial charge in [-0.25, -0.2) is 4.79 Å². The second-order valence-corrected chi connectivity index (χ2v) is 11.4. The van der Waals surface area contributed by atoms with E-state index in [0.29, 0.717) is 48.7 Å². The van der Waals surface area contributed by atoms with E-state index in [2.05, 4.69) is 5.32 Å². The maximum atomic E-state index is 13.3. The molecule has 232 valence electrons. The molecular formula is C38H40N2O5. The molecular weight excluding hydrogens is 564 g/mol. The lowest BCUT2D eigenvalue weighted by molar-refractivity contribution is -0.141. The number of anilines is 1. The third kappa shape index (κ3) is 8.60. The van der Waals surface area contributed by atoms with E-state index in [1.807, 2.05) is 83.8 Å². The van der Waals surface area contributed by atoms with Gasteiger partial charge in [0.2, 0.25) is 5.91 Å². The molecule has 0 bridgehead atoms. The van der Waals surface area contributed by atoms with E-state index in [-0.39, 0.29) is 17.6 Å². The van der Waals surface area contributed by atoms with Crippen molar-refractivity contribution >= 4 is 23.3 Å². The van der Waals surface area contributed by atoms with Gasteiger partial charge >= 0.3 is 5.97 Å². The van der Waals surface area contributed by atoms with Crippen LogP contribution < -0.4 is 10.1 Å². The molecule has 7 heteroatoms. The highest BCUT2D eigenvalue weighted by molar-refractivity contribution is 6.12. The first-order chi connectivity index (χ1) is 22.0. The number of ether oxygens (including phenoxy) is 2. The number of rotatable bonds is 14. The number of carbonyl (C=O) groups excluding carboxylic acids is 3. The maximum absolute atomic E-state index is 13.3. The normalized spacial score (nSPS) is 13.5. The molecule has 0 heterocycles. The van der Waals surface area contributed by atoms with Crippen LogP contribution in [0.3, 0.4) is 0 Å². The van der Waals surface area contributed by atoms with Crippen LogP contribution in [0.1, 0.15) is 52.7 Å². The number of carbonyl (C=O) groups is 3. The number of esters is 1. The van der Waals surface area contributed by atoms with E-state index in [1.165, 1.54) is 7.11 Å². The molecule has 0 radical (unpaired) electrons. The van der Waals surface area contributed by atoms with Crippen LogP contribution in [0.25, 0.3) is 0 Å². The minimum Gasteiger partial charge on any atom is -0.492 e. The summed E-state index contributed by atoms with van der Waals surface area (Å²) in [5, 5.41) is 3.25. The SMILES string of the molecule is COC(=O)[C@H](Cc1ccc(OCCN(Cc2ccccc2)C(=O)C2CCCC2)cc1)Nc1ccccc1C(=O)c1ccccc1. The Balaban J connectivity index is 1.21. The van der Waals surface area contributed by atoms with Crippen LogP contribution in [-0.2, 0) is 27.3 Å². The molecule has 0 saturated heterocycles. The number of hydrogen-bond acceptors (Lipinski definition) is 6. The van der Waals surface area contributed by atoms with Crippen molar-refractivity contribution < 1.29 is 23.9 Å². The fraction of sp³-hybridized carbons (Fsp3) is 0.289. The quantitative estimate of drug-likeness (QED) is 0.127. The summed E-state index contributed by atoms with van der Waals surface area (Å²) in [7, 11) is 1.35. The van der Waals surface area contributed by atoms with Crippen molar-refractivity contribution in [3.8, 4) is 5.75 Å². The van der Waals surface area contributed by atoms with Crippen LogP contribution in [0, 0.1) is 5.92 Å². The molecule has 4 aromatic carbocycles. The van der Waals surface area contributed by atoms with E-state index >= 15 is 0 Å². The molecule has 1 fully saturated rings. The number of amides is 1. The van der Waals surface area contributed by atoms with Crippen LogP contribution in [0.2, 0.25) is 0 Å². The molecule has 1 aliphatic carbocycles. The monoisotopic (exact) mass is 604 g/mol. The molecule has 0 aliphatic heterocycles. The molecule has 0 aromatic heterocycles. The number of ketones is 1. The van der Waals surface area contributed by atoms with Gasteiger partial charge in [0.25, 0.3) is 0 Å². The first-order valence-electron chi connectivity index (χ1n) is 15.6. The van der Waals surface area contributed by atoms with E-state index in [1.54, 1.807) is 30.3 Å². The lowest BCUT2D eigenvalue weighted by Gasteiger charge is -2.26. The lowest BCUT2D eigenvalue weighted by Crippen LogP contribution is -2.37. The minimum absolute atomic E-state index is 0.104. The Morgan fingerprint density at radius 1 is 0.800 bits per heavy atom. The number of para-hydroxylation sites is 1. The van der Waals surface area contributed by atoms with Crippen molar-refractivity contribution in [2.45, 2.75) is 44.7 Å². The summed E-state index contributed by atoms with van der Waals surface area (Å²) >= 11 is 0. The highest BCUT2D eigenvalue weighted by Gasteiger charge is 2.27. The smallest absolute Gasteiger partial charge is 0.328 e. The van der Waals surface area contributed by atoms with Gasteiger partial charge in [-0.1, -0.05) is 97.8 Å². The van der Waals surface area contributed by atoms with Crippen molar-refractivity contribution in [3.63, 3.8) is 0 Å². The van der Waals surface area contributed by atoms with Crippen molar-refractivity contribution in [2.75, 3.05) is 25.6 Å². The molecule has 1 aliphatic rings. The largest absolute Gasteiger partial charge is 0.492 e. The zero-order valence-electron chi connectivity index (χ0n) is 25.7. The molecule has 1 saturated carbocycles. The topological polar surface area (TPSA) is 84.9 Å². The van der Waals surface area contributed by atoms with Crippen LogP contribution in [0.4, 0.5) is 5.69 Å². The number of benzene rings is 4. The van der Waals surface area contributed by atoms with Crippen LogP contribution in [0.5, 0.6) is 5.75 Å². The molecule has 1 atom stereocenters. The zero-order valence-corrected chi connectivity index (χ0v) is 25.7. The molecule has 0 unspecified atom stereocenters. The Morgan fingerprint density at radius 3 is 2.13 bits per heavy atom. The Bertz CT molecular complexity index is 1550. The standard InChI is InChI=1S/C38H40N2O5/c1-44-38(43)35(39-34-19-11-10-18-33(34)36(41)30-14-6-3-7-15-30)26-28-20-22-32(23-21-28)45-25-24-40(27-29-12-4-2-5-13-29)37(42)31-16-8-9-17-31/h2-7,10-15,18-23,31,35,39H,8-9,16-17,24-27H2,1H3/t35-/m0/s1. The summed E-state index contributed by atoms with van der Waals surface area (Å²) in [6, 6.07) is 33.2. The third-order valence-electron chi connectivity index (χ3n) is 8.25. The van der Waals surface area contributed by atoms with Gasteiger partial charge in [0.05, 0.1) is 13.7 Å². The average Bonchev–Trinajstić information content (AvgIpc) is 3.64. The molecule has 1 N–H and O–H groups in total. The highest BCUT2D eigenvalue weighted by atomic mass is 16.5. The predicted octanol–water partition coefficient (Wildman–Crippen LogP) is 6.71. The summed E-state index contributed by atoms with van der Waals surface area (Å²) in [5.41, 5.74) is 3.62. The third-order valence-corrected chi connectivity index (χ3v) is 8.25. The fourth-order valence-electron chi connectivity index (χ4n) is 5.81. The van der Waals surface area contributed by atoms with Crippen molar-refractivity contribution in [1.29, 1.82) is 0 Å². The second-order valence-electron chi connectivity index (χ2n) is 11.4. The molecule has 1 amide bonds. The molecule has 5 rings (SSSR count). The fourth-order valence-corrected chi connectivity index (χ4v) is 5.81. The van der Waals surface area contributed by atoms with E-state index in [0.717, 1.165) is 36.8 Å². The number of nitrogens with zero attached hydrogens (tertiary/aromatic N) is 1. The van der Waals surface area contributed by atoms with Gasteiger partial charge in [-0.3, -0.25) is 9.59 Å². The lowest BCUT2D eigenvalue weighted by atomic mass is 10.00. The molecule has 7 nitrogen and oxygen atoms in total. The Hall–Kier alpha value is -4.91. The Labute approximate surface area is 265 Å². The van der Waals surface area contributed by atoms with E-state index in [4.69, 9.17) is 9.47 Å². The van der Waals surface area contributed by atoms with Gasteiger partial charge in [0, 0.05) is 35.7 Å². The summed E-state index contributed by atoms with van der Waals surface area (Å²) in [5.74, 6) is 0.448. The first kappa shape index (κ1) is 31.5. The maximum Gasteiger partial charge on any atom is 0.328 e. The summed E-state index contributed by atoms with van der Waals surface area (Å²) in [4.78, 5) is 41.2. The van der Waals surface area contributed by atoms with Gasteiger partial charge in [0.1, 0.15) is 18.4 Å². The van der Waals surface area contributed by atoms with Gasteiger partial charge in [0.15, 0.2) is 5.78 Å². The number of methoxy groups -OCH3 is 1. The van der Waals surface area contributed by atoms with Gasteiger partial charge in [-0.05, 0) is 48.2 Å². The van der Waals surface area contributed by atoms with Crippen LogP contribution in [-0.4, -0.2) is 48.9 Å². The molecule has 45 heavy (non-hydrogen) atoms. The second kappa shape index (κ2) is 15.7. The molecule has 0 spiro atoms. The highest BCUT2D eigenvalue weighted by Crippen LogP contribution is 2.27. The van der Waals surface area contributed by atoms with Crippen molar-refractivity contribution in [3.05, 3.63) is 131 Å². The first-order valence-corrected chi connectivity index (χ1v) is 15.6. The summed E-state index contributed by atoms with van der Waals surface area (Å²) in [6.45, 7) is 1.45. The number of hydrogen-bond donors (Lipinski definition) is 1. The van der Waals surface area contributed by atoms with Crippen LogP contribution in [0.15, 0.2) is 109 Å². The number of nitrogens with one attached hydrogen (secondary N) is 1. The van der Waals surface area contributed by atoms with Gasteiger partial charge < -0.3 is 19.7 Å². The average molecular weight is 605 g/mol. The van der Waals surface area contributed by atoms with Gasteiger partial charge in [-0.2, -0.15) is 0 Å². The van der Waals surface area contributed by atoms with Crippen LogP contribution >= 0.6 is 0 Å². The Kier molecular flexibility index (Phi) is 11.0. The molecule has 4 aromatic rings. The Morgan fingerprint density at radius 2 is 1.44 bits per heavy atom. The zero-order chi connectivity index (χ0) is 31.4. The van der Waals surface area contributed by atoms with E-state index in [9.17, 15) is 14.4 Å². The van der Waals surface area contributed by atoms with Crippen molar-refractivity contribution in [2.24, 2.45) is 5.92 Å². The summed E-state index contributed by atoms with van der Waals surface area (Å²) in [6.07, 6.45) is 4.50. The van der Waals surface area contributed by atoms with E-state index < -0.39 is 12.0 Å². The minimum atomic E-state index is -0.709. The van der Waals surface area contributed by atoms with Crippen molar-refractivity contribution in [1.82, 2.24) is 4.90 Å². The van der Waals surface area contributed by atoms with Gasteiger partial charge in [-0.15, -0.1) is 0 Å². The summed E-state index contributed by atoms with van der Waals surface area (Å²) < 4.78 is 11.2. The predicted molar refractivity (Wildman–Crippen MR) is 175 cm³/mol.